The molecule has 0 unspecified atom stereocenters. The van der Waals surface area contributed by atoms with Gasteiger partial charge in [0.2, 0.25) is 0 Å². The van der Waals surface area contributed by atoms with Gasteiger partial charge in [0.05, 0.1) is 0 Å². The van der Waals surface area contributed by atoms with Gasteiger partial charge >= 0.3 is 0 Å². The standard InChI is InChI=1S/C14H22O2/c1-4-10-15-14(16-11-5-2)13-9-7-6-8-12(13)3/h6-9,14H,4-5,10-11H2,1-3H3. The van der Waals surface area contributed by atoms with Crippen LogP contribution in [0.15, 0.2) is 24.3 Å². The van der Waals surface area contributed by atoms with E-state index in [1.165, 1.54) is 5.56 Å². The second-order valence-electron chi connectivity index (χ2n) is 3.93. The molecule has 16 heavy (non-hydrogen) atoms. The summed E-state index contributed by atoms with van der Waals surface area (Å²) in [5, 5.41) is 0. The minimum atomic E-state index is -0.207. The molecule has 0 aromatic heterocycles. The lowest BCUT2D eigenvalue weighted by Gasteiger charge is -2.20. The molecule has 0 atom stereocenters. The minimum Gasteiger partial charge on any atom is -0.348 e. The lowest BCUT2D eigenvalue weighted by atomic mass is 10.1. The van der Waals surface area contributed by atoms with Gasteiger partial charge in [-0.2, -0.15) is 0 Å². The van der Waals surface area contributed by atoms with Crippen LogP contribution in [0.5, 0.6) is 0 Å². The van der Waals surface area contributed by atoms with Gasteiger partial charge in [0.15, 0.2) is 6.29 Å². The SMILES string of the molecule is CCCOC(OCCC)c1ccccc1C. The maximum atomic E-state index is 5.74. The highest BCUT2D eigenvalue weighted by atomic mass is 16.7. The quantitative estimate of drug-likeness (QED) is 0.652. The highest BCUT2D eigenvalue weighted by molar-refractivity contribution is 5.26. The first-order chi connectivity index (χ1) is 7.79. The monoisotopic (exact) mass is 222 g/mol. The molecule has 0 aliphatic rings. The molecule has 0 spiro atoms. The maximum absolute atomic E-state index is 5.74. The molecule has 0 saturated heterocycles. The summed E-state index contributed by atoms with van der Waals surface area (Å²) in [5.74, 6) is 0. The summed E-state index contributed by atoms with van der Waals surface area (Å²) in [5.41, 5.74) is 2.36. The van der Waals surface area contributed by atoms with Gasteiger partial charge in [-0.15, -0.1) is 0 Å². The third kappa shape index (κ3) is 3.95. The molecule has 2 heteroatoms. The number of ether oxygens (including phenoxy) is 2. The van der Waals surface area contributed by atoms with Crippen molar-refractivity contribution in [1.29, 1.82) is 0 Å². The van der Waals surface area contributed by atoms with Gasteiger partial charge in [-0.1, -0.05) is 38.1 Å². The van der Waals surface area contributed by atoms with E-state index in [4.69, 9.17) is 9.47 Å². The van der Waals surface area contributed by atoms with Crippen molar-refractivity contribution in [3.63, 3.8) is 0 Å². The van der Waals surface area contributed by atoms with Gasteiger partial charge in [-0.3, -0.25) is 0 Å². The van der Waals surface area contributed by atoms with Gasteiger partial charge in [-0.25, -0.2) is 0 Å². The Morgan fingerprint density at radius 1 is 1.00 bits per heavy atom. The Balaban J connectivity index is 2.70. The van der Waals surface area contributed by atoms with E-state index in [9.17, 15) is 0 Å². The zero-order valence-electron chi connectivity index (χ0n) is 10.5. The average Bonchev–Trinajstić information content (AvgIpc) is 2.31. The molecule has 1 aromatic rings. The van der Waals surface area contributed by atoms with Crippen LogP contribution < -0.4 is 0 Å². The summed E-state index contributed by atoms with van der Waals surface area (Å²) in [6.45, 7) is 7.78. The minimum absolute atomic E-state index is 0.207. The molecule has 1 rings (SSSR count). The molecule has 0 radical (unpaired) electrons. The lowest BCUT2D eigenvalue weighted by molar-refractivity contribution is -0.147. The molecule has 0 bridgehead atoms. The van der Waals surface area contributed by atoms with Crippen molar-refractivity contribution in [3.05, 3.63) is 35.4 Å². The number of hydrogen-bond acceptors (Lipinski definition) is 2. The maximum Gasteiger partial charge on any atom is 0.184 e. The van der Waals surface area contributed by atoms with E-state index in [0.717, 1.165) is 31.6 Å². The van der Waals surface area contributed by atoms with Crippen LogP contribution in [0.1, 0.15) is 44.1 Å². The van der Waals surface area contributed by atoms with E-state index < -0.39 is 0 Å². The lowest BCUT2D eigenvalue weighted by Crippen LogP contribution is -2.11. The zero-order valence-corrected chi connectivity index (χ0v) is 10.5. The Bertz CT molecular complexity index is 289. The molecule has 0 fully saturated rings. The van der Waals surface area contributed by atoms with E-state index in [2.05, 4.69) is 32.9 Å². The third-order valence-electron chi connectivity index (χ3n) is 2.39. The van der Waals surface area contributed by atoms with E-state index >= 15 is 0 Å². The van der Waals surface area contributed by atoms with Crippen molar-refractivity contribution in [2.24, 2.45) is 0 Å². The molecular formula is C14H22O2. The Labute approximate surface area is 98.6 Å². The summed E-state index contributed by atoms with van der Waals surface area (Å²) < 4.78 is 11.5. The Morgan fingerprint density at radius 2 is 1.56 bits per heavy atom. The van der Waals surface area contributed by atoms with Gasteiger partial charge in [-0.05, 0) is 25.3 Å². The normalized spacial score (nSPS) is 11.0. The molecular weight excluding hydrogens is 200 g/mol. The first-order valence-electron chi connectivity index (χ1n) is 6.08. The molecule has 0 N–H and O–H groups in total. The van der Waals surface area contributed by atoms with Crippen LogP contribution in [-0.4, -0.2) is 13.2 Å². The first kappa shape index (κ1) is 13.2. The topological polar surface area (TPSA) is 18.5 Å². The fourth-order valence-electron chi connectivity index (χ4n) is 1.53. The summed E-state index contributed by atoms with van der Waals surface area (Å²) in [7, 11) is 0. The van der Waals surface area contributed by atoms with Gasteiger partial charge < -0.3 is 9.47 Å². The van der Waals surface area contributed by atoms with Crippen LogP contribution in [0.2, 0.25) is 0 Å². The van der Waals surface area contributed by atoms with E-state index in [0.29, 0.717) is 0 Å². The molecule has 0 aliphatic heterocycles. The Kier molecular flexibility index (Phi) is 6.12. The highest BCUT2D eigenvalue weighted by Crippen LogP contribution is 2.22. The third-order valence-corrected chi connectivity index (χ3v) is 2.39. The van der Waals surface area contributed by atoms with Crippen molar-refractivity contribution in [2.75, 3.05) is 13.2 Å². The second-order valence-corrected chi connectivity index (χ2v) is 3.93. The summed E-state index contributed by atoms with van der Waals surface area (Å²) >= 11 is 0. The fraction of sp³-hybridized carbons (Fsp3) is 0.571. The second kappa shape index (κ2) is 7.42. The summed E-state index contributed by atoms with van der Waals surface area (Å²) in [6, 6.07) is 8.23. The highest BCUT2D eigenvalue weighted by Gasteiger charge is 2.13. The number of benzene rings is 1. The van der Waals surface area contributed by atoms with Crippen molar-refractivity contribution >= 4 is 0 Å². The van der Waals surface area contributed by atoms with Crippen molar-refractivity contribution in [3.8, 4) is 0 Å². The van der Waals surface area contributed by atoms with Crippen LogP contribution in [0.25, 0.3) is 0 Å². The van der Waals surface area contributed by atoms with E-state index in [-0.39, 0.29) is 6.29 Å². The predicted molar refractivity (Wildman–Crippen MR) is 66.4 cm³/mol. The van der Waals surface area contributed by atoms with Gasteiger partial charge in [0.1, 0.15) is 0 Å². The van der Waals surface area contributed by atoms with Crippen LogP contribution in [0.3, 0.4) is 0 Å². The predicted octanol–water partition coefficient (Wildman–Crippen LogP) is 3.85. The van der Waals surface area contributed by atoms with Crippen molar-refractivity contribution in [2.45, 2.75) is 39.9 Å². The Morgan fingerprint density at radius 3 is 2.06 bits per heavy atom. The van der Waals surface area contributed by atoms with Crippen molar-refractivity contribution in [1.82, 2.24) is 0 Å². The number of rotatable bonds is 7. The zero-order chi connectivity index (χ0) is 11.8. The van der Waals surface area contributed by atoms with Crippen LogP contribution >= 0.6 is 0 Å². The smallest absolute Gasteiger partial charge is 0.184 e. The van der Waals surface area contributed by atoms with Gasteiger partial charge in [0, 0.05) is 18.8 Å². The van der Waals surface area contributed by atoms with Gasteiger partial charge in [0.25, 0.3) is 0 Å². The molecule has 0 heterocycles. The molecule has 1 aromatic carbocycles. The summed E-state index contributed by atoms with van der Waals surface area (Å²) in [6.07, 6.45) is 1.82. The van der Waals surface area contributed by atoms with E-state index in [1.807, 2.05) is 12.1 Å². The number of hydrogen-bond donors (Lipinski definition) is 0. The average molecular weight is 222 g/mol. The molecule has 2 nitrogen and oxygen atoms in total. The summed E-state index contributed by atoms with van der Waals surface area (Å²) in [4.78, 5) is 0. The fourth-order valence-corrected chi connectivity index (χ4v) is 1.53. The Hall–Kier alpha value is -0.860. The van der Waals surface area contributed by atoms with Crippen molar-refractivity contribution < 1.29 is 9.47 Å². The van der Waals surface area contributed by atoms with Crippen LogP contribution in [-0.2, 0) is 9.47 Å². The molecule has 0 saturated carbocycles. The van der Waals surface area contributed by atoms with Crippen LogP contribution in [0, 0.1) is 6.92 Å². The molecule has 90 valence electrons. The van der Waals surface area contributed by atoms with Crippen LogP contribution in [0.4, 0.5) is 0 Å². The largest absolute Gasteiger partial charge is 0.348 e. The molecule has 0 amide bonds. The first-order valence-corrected chi connectivity index (χ1v) is 6.08. The van der Waals surface area contributed by atoms with E-state index in [1.54, 1.807) is 0 Å². The molecule has 0 aliphatic carbocycles. The number of aryl methyl sites for hydroxylation is 1.